The molecule has 1 aromatic heterocycles. The van der Waals surface area contributed by atoms with Gasteiger partial charge >= 0.3 is 0 Å². The molecule has 0 atom stereocenters. The van der Waals surface area contributed by atoms with Crippen LogP contribution in [0, 0.1) is 5.92 Å². The zero-order valence-corrected chi connectivity index (χ0v) is 10.6. The third-order valence-electron chi connectivity index (χ3n) is 3.55. The second-order valence-electron chi connectivity index (χ2n) is 4.97. The Morgan fingerprint density at radius 1 is 1.33 bits per heavy atom. The van der Waals surface area contributed by atoms with Crippen molar-refractivity contribution in [1.82, 2.24) is 10.3 Å². The van der Waals surface area contributed by atoms with Gasteiger partial charge in [-0.3, -0.25) is 9.78 Å². The molecule has 0 radical (unpaired) electrons. The molecule has 2 rings (SSSR count). The molecule has 1 aliphatic carbocycles. The Hall–Kier alpha value is -1.42. The molecule has 18 heavy (non-hydrogen) atoms. The number of rotatable bonds is 4. The van der Waals surface area contributed by atoms with Gasteiger partial charge in [0.05, 0.1) is 0 Å². The van der Waals surface area contributed by atoms with Gasteiger partial charge in [0.2, 0.25) is 5.91 Å². The summed E-state index contributed by atoms with van der Waals surface area (Å²) in [7, 11) is 0. The van der Waals surface area contributed by atoms with E-state index in [2.05, 4.69) is 10.3 Å². The summed E-state index contributed by atoms with van der Waals surface area (Å²) in [6.45, 7) is 0.665. The highest BCUT2D eigenvalue weighted by Crippen LogP contribution is 2.22. The number of nitrogens with one attached hydrogen (secondary N) is 1. The van der Waals surface area contributed by atoms with E-state index in [1.807, 2.05) is 18.2 Å². The van der Waals surface area contributed by atoms with Crippen molar-refractivity contribution in [1.29, 1.82) is 0 Å². The maximum absolute atomic E-state index is 11.9. The average Bonchev–Trinajstić information content (AvgIpc) is 2.40. The van der Waals surface area contributed by atoms with Crippen LogP contribution in [-0.4, -0.2) is 23.5 Å². The number of hydrogen-bond donors (Lipinski definition) is 2. The van der Waals surface area contributed by atoms with Crippen LogP contribution in [0.25, 0.3) is 0 Å². The van der Waals surface area contributed by atoms with E-state index in [9.17, 15) is 4.79 Å². The van der Waals surface area contributed by atoms with Gasteiger partial charge in [-0.2, -0.15) is 0 Å². The van der Waals surface area contributed by atoms with Crippen molar-refractivity contribution in [2.75, 3.05) is 6.54 Å². The Morgan fingerprint density at radius 3 is 2.78 bits per heavy atom. The van der Waals surface area contributed by atoms with Gasteiger partial charge < -0.3 is 11.1 Å². The van der Waals surface area contributed by atoms with Crippen molar-refractivity contribution in [3.05, 3.63) is 30.1 Å². The summed E-state index contributed by atoms with van der Waals surface area (Å²) in [5.74, 6) is 0.339. The monoisotopic (exact) mass is 247 g/mol. The molecule has 1 aromatic rings. The normalized spacial score (nSPS) is 23.6. The summed E-state index contributed by atoms with van der Waals surface area (Å²) in [6, 6.07) is 6.13. The SMILES string of the molecule is NC1CCC(C(=O)NCCc2ccccn2)CC1. The quantitative estimate of drug-likeness (QED) is 0.841. The molecular formula is C14H21N3O. The van der Waals surface area contributed by atoms with Crippen LogP contribution in [0.2, 0.25) is 0 Å². The zero-order chi connectivity index (χ0) is 12.8. The molecule has 0 unspecified atom stereocenters. The van der Waals surface area contributed by atoms with E-state index in [4.69, 9.17) is 5.73 Å². The number of hydrogen-bond acceptors (Lipinski definition) is 3. The molecular weight excluding hydrogens is 226 g/mol. The summed E-state index contributed by atoms with van der Waals surface area (Å²) in [5, 5.41) is 3.00. The first-order valence-electron chi connectivity index (χ1n) is 6.69. The summed E-state index contributed by atoms with van der Waals surface area (Å²) in [5.41, 5.74) is 6.85. The van der Waals surface area contributed by atoms with E-state index < -0.39 is 0 Å². The number of nitrogens with zero attached hydrogens (tertiary/aromatic N) is 1. The minimum Gasteiger partial charge on any atom is -0.355 e. The van der Waals surface area contributed by atoms with Crippen molar-refractivity contribution < 1.29 is 4.79 Å². The lowest BCUT2D eigenvalue weighted by molar-refractivity contribution is -0.125. The first kappa shape index (κ1) is 13.0. The van der Waals surface area contributed by atoms with Crippen molar-refractivity contribution in [2.45, 2.75) is 38.1 Å². The van der Waals surface area contributed by atoms with E-state index in [1.165, 1.54) is 0 Å². The second-order valence-corrected chi connectivity index (χ2v) is 4.97. The number of carbonyl (C=O) groups is 1. The lowest BCUT2D eigenvalue weighted by Gasteiger charge is -2.25. The molecule has 1 saturated carbocycles. The number of amides is 1. The number of nitrogens with two attached hydrogens (primary N) is 1. The van der Waals surface area contributed by atoms with Gasteiger partial charge in [0.25, 0.3) is 0 Å². The minimum absolute atomic E-state index is 0.161. The van der Waals surface area contributed by atoms with Gasteiger partial charge in [0, 0.05) is 36.8 Å². The van der Waals surface area contributed by atoms with E-state index in [0.29, 0.717) is 12.6 Å². The highest BCUT2D eigenvalue weighted by atomic mass is 16.1. The fourth-order valence-corrected chi connectivity index (χ4v) is 2.39. The summed E-state index contributed by atoms with van der Waals surface area (Å²) in [6.07, 6.45) is 6.36. The maximum Gasteiger partial charge on any atom is 0.223 e. The first-order valence-corrected chi connectivity index (χ1v) is 6.69. The van der Waals surface area contributed by atoms with Crippen LogP contribution < -0.4 is 11.1 Å². The second kappa shape index (κ2) is 6.50. The van der Waals surface area contributed by atoms with Crippen molar-refractivity contribution in [2.24, 2.45) is 11.7 Å². The molecule has 0 saturated heterocycles. The predicted octanol–water partition coefficient (Wildman–Crippen LogP) is 1.26. The van der Waals surface area contributed by atoms with Crippen LogP contribution in [0.1, 0.15) is 31.4 Å². The van der Waals surface area contributed by atoms with Gasteiger partial charge in [0.1, 0.15) is 0 Å². The summed E-state index contributed by atoms with van der Waals surface area (Å²) in [4.78, 5) is 16.2. The Balaban J connectivity index is 1.69. The number of pyridine rings is 1. The zero-order valence-electron chi connectivity index (χ0n) is 10.6. The molecule has 0 aromatic carbocycles. The molecule has 0 bridgehead atoms. The Bertz CT molecular complexity index is 372. The highest BCUT2D eigenvalue weighted by molar-refractivity contribution is 5.78. The van der Waals surface area contributed by atoms with Crippen LogP contribution in [-0.2, 0) is 11.2 Å². The first-order chi connectivity index (χ1) is 8.75. The van der Waals surface area contributed by atoms with Gasteiger partial charge in [-0.1, -0.05) is 6.07 Å². The molecule has 1 fully saturated rings. The van der Waals surface area contributed by atoms with Crippen LogP contribution in [0.4, 0.5) is 0 Å². The third kappa shape index (κ3) is 3.81. The lowest BCUT2D eigenvalue weighted by atomic mass is 9.86. The topological polar surface area (TPSA) is 68.0 Å². The molecule has 1 amide bonds. The number of carbonyl (C=O) groups excluding carboxylic acids is 1. The van der Waals surface area contributed by atoms with Crippen LogP contribution in [0.5, 0.6) is 0 Å². The number of aromatic nitrogens is 1. The Kier molecular flexibility index (Phi) is 4.70. The highest BCUT2D eigenvalue weighted by Gasteiger charge is 2.23. The van der Waals surface area contributed by atoms with Gasteiger partial charge in [-0.25, -0.2) is 0 Å². The van der Waals surface area contributed by atoms with E-state index in [1.54, 1.807) is 6.20 Å². The Labute approximate surface area is 108 Å². The molecule has 4 heteroatoms. The van der Waals surface area contributed by atoms with E-state index in [0.717, 1.165) is 37.8 Å². The minimum atomic E-state index is 0.161. The average molecular weight is 247 g/mol. The molecule has 0 aliphatic heterocycles. The van der Waals surface area contributed by atoms with Crippen molar-refractivity contribution in [3.63, 3.8) is 0 Å². The smallest absolute Gasteiger partial charge is 0.223 e. The predicted molar refractivity (Wildman–Crippen MR) is 70.9 cm³/mol. The molecule has 4 nitrogen and oxygen atoms in total. The standard InChI is InChI=1S/C14H21N3O/c15-12-6-4-11(5-7-12)14(18)17-10-8-13-3-1-2-9-16-13/h1-3,9,11-12H,4-8,10,15H2,(H,17,18). The van der Waals surface area contributed by atoms with Gasteiger partial charge in [-0.05, 0) is 37.8 Å². The fraction of sp³-hybridized carbons (Fsp3) is 0.571. The maximum atomic E-state index is 11.9. The largest absolute Gasteiger partial charge is 0.355 e. The summed E-state index contributed by atoms with van der Waals surface area (Å²) < 4.78 is 0. The van der Waals surface area contributed by atoms with Crippen LogP contribution >= 0.6 is 0 Å². The molecule has 1 heterocycles. The fourth-order valence-electron chi connectivity index (χ4n) is 2.39. The molecule has 98 valence electrons. The lowest BCUT2D eigenvalue weighted by Crippen LogP contribution is -2.37. The van der Waals surface area contributed by atoms with Crippen LogP contribution in [0.15, 0.2) is 24.4 Å². The molecule has 3 N–H and O–H groups in total. The molecule has 1 aliphatic rings. The van der Waals surface area contributed by atoms with Gasteiger partial charge in [-0.15, -0.1) is 0 Å². The Morgan fingerprint density at radius 2 is 2.11 bits per heavy atom. The van der Waals surface area contributed by atoms with Crippen molar-refractivity contribution >= 4 is 5.91 Å². The van der Waals surface area contributed by atoms with Gasteiger partial charge in [0.15, 0.2) is 0 Å². The van der Waals surface area contributed by atoms with Crippen LogP contribution in [0.3, 0.4) is 0 Å². The molecule has 0 spiro atoms. The van der Waals surface area contributed by atoms with E-state index >= 15 is 0 Å². The third-order valence-corrected chi connectivity index (χ3v) is 3.55. The van der Waals surface area contributed by atoms with Crippen molar-refractivity contribution in [3.8, 4) is 0 Å². The summed E-state index contributed by atoms with van der Waals surface area (Å²) >= 11 is 0. The van der Waals surface area contributed by atoms with E-state index in [-0.39, 0.29) is 11.8 Å².